The number of ether oxygens (including phenoxy) is 2. The van der Waals surface area contributed by atoms with Gasteiger partial charge in [0.1, 0.15) is 18.2 Å². The molecule has 32 heavy (non-hydrogen) atoms. The van der Waals surface area contributed by atoms with E-state index < -0.39 is 16.4 Å². The van der Waals surface area contributed by atoms with Crippen LogP contribution in [0.25, 0.3) is 5.76 Å². The van der Waals surface area contributed by atoms with Crippen molar-refractivity contribution in [2.75, 3.05) is 37.8 Å². The van der Waals surface area contributed by atoms with Gasteiger partial charge < -0.3 is 18.8 Å². The molecule has 0 bridgehead atoms. The summed E-state index contributed by atoms with van der Waals surface area (Å²) < 4.78 is 19.6. The van der Waals surface area contributed by atoms with E-state index in [1.54, 1.807) is 10.8 Å². The molecule has 2 heterocycles. The molecule has 0 aliphatic carbocycles. The Balaban J connectivity index is 2.39. The summed E-state index contributed by atoms with van der Waals surface area (Å²) in [5.41, 5.74) is 0.540. The lowest BCUT2D eigenvalue weighted by Crippen LogP contribution is -2.42. The van der Waals surface area contributed by atoms with Crippen LogP contribution in [-0.4, -0.2) is 58.9 Å². The second-order valence-corrected chi connectivity index (χ2v) is 21.5. The maximum atomic E-state index is 13.3. The molecule has 1 aliphatic rings. The van der Waals surface area contributed by atoms with Crippen molar-refractivity contribution in [1.29, 1.82) is 0 Å². The van der Waals surface area contributed by atoms with Gasteiger partial charge in [0.15, 0.2) is 5.82 Å². The average molecular weight is 482 g/mol. The highest BCUT2D eigenvalue weighted by atomic mass is 28.4. The van der Waals surface area contributed by atoms with Crippen LogP contribution in [-0.2, 0) is 20.6 Å². The third kappa shape index (κ3) is 7.29. The molecule has 0 atom stereocenters. The molecule has 0 unspecified atom stereocenters. The first kappa shape index (κ1) is 26.8. The van der Waals surface area contributed by atoms with Gasteiger partial charge >= 0.3 is 0 Å². The van der Waals surface area contributed by atoms with Crippen LogP contribution in [0.15, 0.2) is 17.1 Å². The highest BCUT2D eigenvalue weighted by molar-refractivity contribution is 6.76. The first-order valence-corrected chi connectivity index (χ1v) is 18.2. The smallest absolute Gasteiger partial charge is 0.295 e. The van der Waals surface area contributed by atoms with Crippen molar-refractivity contribution in [3.05, 3.63) is 28.3 Å². The zero-order valence-electron chi connectivity index (χ0n) is 21.6. The van der Waals surface area contributed by atoms with Gasteiger partial charge in [-0.2, -0.15) is 0 Å². The van der Waals surface area contributed by atoms with Crippen LogP contribution in [0.5, 0.6) is 0 Å². The fourth-order valence-electron chi connectivity index (χ4n) is 2.95. The molecule has 0 N–H and O–H groups in total. The van der Waals surface area contributed by atoms with Crippen molar-refractivity contribution in [3.63, 3.8) is 0 Å². The Morgan fingerprint density at radius 3 is 2.34 bits per heavy atom. The van der Waals surface area contributed by atoms with E-state index in [0.29, 0.717) is 44.4 Å². The van der Waals surface area contributed by atoms with Gasteiger partial charge in [-0.15, -0.1) is 0 Å². The quantitative estimate of drug-likeness (QED) is 0.287. The minimum atomic E-state index is -2.07. The third-order valence-corrected chi connectivity index (χ3v) is 12.2. The van der Waals surface area contributed by atoms with E-state index in [2.05, 4.69) is 53.5 Å². The van der Waals surface area contributed by atoms with Crippen molar-refractivity contribution in [2.45, 2.75) is 78.2 Å². The SMILES string of the molecule is CC=C(O[Si](C)(C)C(C)(C)C)c1cn(COCC[Si](C)(C)C)c(=O)c(N2CCOCC2)n1. The van der Waals surface area contributed by atoms with Gasteiger partial charge in [-0.1, -0.05) is 40.4 Å². The molecule has 0 aromatic carbocycles. The highest BCUT2D eigenvalue weighted by Crippen LogP contribution is 2.39. The second kappa shape index (κ2) is 10.7. The van der Waals surface area contributed by atoms with Gasteiger partial charge in [0.25, 0.3) is 13.9 Å². The van der Waals surface area contributed by atoms with Crippen LogP contribution in [0, 0.1) is 0 Å². The molecule has 7 nitrogen and oxygen atoms in total. The first-order chi connectivity index (χ1) is 14.7. The van der Waals surface area contributed by atoms with Crippen molar-refractivity contribution < 1.29 is 13.9 Å². The lowest BCUT2D eigenvalue weighted by Gasteiger charge is -2.37. The van der Waals surface area contributed by atoms with E-state index in [9.17, 15) is 4.79 Å². The normalized spacial score (nSPS) is 16.4. The zero-order chi connectivity index (χ0) is 24.2. The van der Waals surface area contributed by atoms with Crippen LogP contribution >= 0.6 is 0 Å². The van der Waals surface area contributed by atoms with Gasteiger partial charge in [-0.05, 0) is 37.2 Å². The summed E-state index contributed by atoms with van der Waals surface area (Å²) in [4.78, 5) is 20.0. The molecular formula is C23H43N3O4Si2. The molecular weight excluding hydrogens is 438 g/mol. The van der Waals surface area contributed by atoms with Gasteiger partial charge in [0, 0.05) is 34.0 Å². The Morgan fingerprint density at radius 1 is 1.19 bits per heavy atom. The number of nitrogens with zero attached hydrogens (tertiary/aromatic N) is 3. The Hall–Kier alpha value is -1.43. The number of hydrogen-bond donors (Lipinski definition) is 0. The topological polar surface area (TPSA) is 65.8 Å². The molecule has 9 heteroatoms. The lowest BCUT2D eigenvalue weighted by atomic mass is 10.2. The largest absolute Gasteiger partial charge is 0.542 e. The fourth-order valence-corrected chi connectivity index (χ4v) is 4.78. The molecule has 0 amide bonds. The van der Waals surface area contributed by atoms with Crippen LogP contribution in [0.4, 0.5) is 5.82 Å². The molecule has 0 spiro atoms. The Kier molecular flexibility index (Phi) is 8.94. The predicted molar refractivity (Wildman–Crippen MR) is 138 cm³/mol. The maximum absolute atomic E-state index is 13.3. The number of morpholine rings is 1. The second-order valence-electron chi connectivity index (χ2n) is 11.2. The zero-order valence-corrected chi connectivity index (χ0v) is 23.6. The lowest BCUT2D eigenvalue weighted by molar-refractivity contribution is 0.0843. The van der Waals surface area contributed by atoms with Crippen molar-refractivity contribution in [1.82, 2.24) is 9.55 Å². The van der Waals surface area contributed by atoms with Crippen LogP contribution in [0.3, 0.4) is 0 Å². The standard InChI is InChI=1S/C23H43N3O4Si2/c1-10-20(30-32(8,9)23(2,3)4)19-17-26(18-29-15-16-31(5,6)7)22(27)21(24-19)25-11-13-28-14-12-25/h10,17H,11-16,18H2,1-9H3. The minimum absolute atomic E-state index is 0.0582. The van der Waals surface area contributed by atoms with E-state index in [0.717, 1.165) is 11.8 Å². The molecule has 182 valence electrons. The minimum Gasteiger partial charge on any atom is -0.542 e. The Labute approximate surface area is 195 Å². The molecule has 1 fully saturated rings. The van der Waals surface area contributed by atoms with Crippen molar-refractivity contribution in [3.8, 4) is 0 Å². The molecule has 0 radical (unpaired) electrons. The molecule has 0 saturated carbocycles. The maximum Gasteiger partial charge on any atom is 0.295 e. The van der Waals surface area contributed by atoms with Gasteiger partial charge in [-0.25, -0.2) is 4.98 Å². The Morgan fingerprint density at radius 2 is 1.81 bits per heavy atom. The fraction of sp³-hybridized carbons (Fsp3) is 0.739. The third-order valence-electron chi connectivity index (χ3n) is 6.18. The van der Waals surface area contributed by atoms with E-state index >= 15 is 0 Å². The molecule has 1 saturated heterocycles. The first-order valence-electron chi connectivity index (χ1n) is 11.6. The number of aromatic nitrogens is 2. The van der Waals surface area contributed by atoms with E-state index in [-0.39, 0.29) is 17.3 Å². The van der Waals surface area contributed by atoms with E-state index in [4.69, 9.17) is 18.9 Å². The molecule has 1 aromatic rings. The van der Waals surface area contributed by atoms with E-state index in [1.165, 1.54) is 0 Å². The summed E-state index contributed by atoms with van der Waals surface area (Å²) in [7, 11) is -3.27. The molecule has 1 aromatic heterocycles. The van der Waals surface area contributed by atoms with Crippen molar-refractivity contribution >= 4 is 28.0 Å². The molecule has 1 aliphatic heterocycles. The van der Waals surface area contributed by atoms with Gasteiger partial charge in [-0.3, -0.25) is 9.36 Å². The summed E-state index contributed by atoms with van der Waals surface area (Å²) in [6.45, 7) is 23.3. The number of anilines is 1. The number of hydrogen-bond acceptors (Lipinski definition) is 6. The average Bonchev–Trinajstić information content (AvgIpc) is 2.69. The highest BCUT2D eigenvalue weighted by Gasteiger charge is 2.39. The summed E-state index contributed by atoms with van der Waals surface area (Å²) >= 11 is 0. The summed E-state index contributed by atoms with van der Waals surface area (Å²) in [5, 5.41) is 0.0582. The van der Waals surface area contributed by atoms with Gasteiger partial charge in [0.05, 0.1) is 13.2 Å². The summed E-state index contributed by atoms with van der Waals surface area (Å²) in [6, 6.07) is 1.06. The van der Waals surface area contributed by atoms with Crippen molar-refractivity contribution in [2.24, 2.45) is 0 Å². The Bertz CT molecular complexity index is 848. The predicted octanol–water partition coefficient (Wildman–Crippen LogP) is 4.77. The molecule has 2 rings (SSSR count). The number of allylic oxidation sites excluding steroid dienone is 1. The number of rotatable bonds is 9. The van der Waals surface area contributed by atoms with Crippen LogP contribution < -0.4 is 10.5 Å². The summed E-state index contributed by atoms with van der Waals surface area (Å²) in [6.07, 6.45) is 3.73. The van der Waals surface area contributed by atoms with Gasteiger partial charge in [0.2, 0.25) is 0 Å². The summed E-state index contributed by atoms with van der Waals surface area (Å²) in [5.74, 6) is 1.17. The van der Waals surface area contributed by atoms with E-state index in [1.807, 2.05) is 17.9 Å². The van der Waals surface area contributed by atoms with Crippen LogP contribution in [0.2, 0.25) is 43.8 Å². The monoisotopic (exact) mass is 481 g/mol. The van der Waals surface area contributed by atoms with Crippen LogP contribution in [0.1, 0.15) is 33.4 Å².